The average Bonchev–Trinajstić information content (AvgIpc) is 3.18. The molecule has 0 radical (unpaired) electrons. The zero-order chi connectivity index (χ0) is 16.7. The van der Waals surface area contributed by atoms with Crippen molar-refractivity contribution < 1.29 is 9.21 Å². The molecule has 2 rings (SSSR count). The van der Waals surface area contributed by atoms with Crippen LogP contribution in [0.2, 0.25) is 0 Å². The summed E-state index contributed by atoms with van der Waals surface area (Å²) in [5.74, 6) is 0.975. The number of guanidine groups is 1. The molecule has 1 aliphatic rings. The van der Waals surface area contributed by atoms with Crippen molar-refractivity contribution in [3.8, 4) is 0 Å². The fraction of sp³-hybridized carbons (Fsp3) is 0.625. The van der Waals surface area contributed by atoms with Gasteiger partial charge in [0.2, 0.25) is 0 Å². The lowest BCUT2D eigenvalue weighted by Gasteiger charge is -2.23. The van der Waals surface area contributed by atoms with Gasteiger partial charge in [0, 0.05) is 19.1 Å². The molecule has 128 valence electrons. The number of primary amides is 1. The Morgan fingerprint density at radius 1 is 1.43 bits per heavy atom. The molecular formula is C16H27N5O2. The molecule has 1 unspecified atom stereocenters. The first-order valence-corrected chi connectivity index (χ1v) is 8.28. The van der Waals surface area contributed by atoms with Crippen molar-refractivity contribution in [3.63, 3.8) is 0 Å². The zero-order valence-electron chi connectivity index (χ0n) is 14.0. The molecule has 0 bridgehead atoms. The summed E-state index contributed by atoms with van der Waals surface area (Å²) < 4.78 is 5.34. The van der Waals surface area contributed by atoms with Crippen LogP contribution in [0, 0.1) is 0 Å². The molecule has 0 saturated carbocycles. The Balaban J connectivity index is 1.89. The maximum absolute atomic E-state index is 11.0. The van der Waals surface area contributed by atoms with E-state index in [1.54, 1.807) is 12.1 Å². The van der Waals surface area contributed by atoms with Gasteiger partial charge < -0.3 is 20.8 Å². The molecule has 23 heavy (non-hydrogen) atoms. The Morgan fingerprint density at radius 2 is 2.26 bits per heavy atom. The summed E-state index contributed by atoms with van der Waals surface area (Å²) in [6.07, 6.45) is 2.48. The normalized spacial score (nSPS) is 19.0. The van der Waals surface area contributed by atoms with Crippen LogP contribution in [-0.4, -0.2) is 49.0 Å². The standard InChI is InChI=1S/C16H27N5O2/c1-3-18-16(19-10-12-6-5-9-21(12)4-2)20-11-13-7-8-14(23-13)15(17)22/h7-8,12H,3-6,9-11H2,1-2H3,(H2,17,22)(H2,18,19,20). The molecule has 0 spiro atoms. The zero-order valence-corrected chi connectivity index (χ0v) is 14.0. The van der Waals surface area contributed by atoms with Crippen molar-refractivity contribution in [1.29, 1.82) is 0 Å². The van der Waals surface area contributed by atoms with Crippen molar-refractivity contribution in [2.24, 2.45) is 10.7 Å². The highest BCUT2D eigenvalue weighted by atomic mass is 16.3. The number of hydrogen-bond donors (Lipinski definition) is 3. The Kier molecular flexibility index (Phi) is 6.46. The number of aliphatic imine (C=N–C) groups is 1. The van der Waals surface area contributed by atoms with Crippen molar-refractivity contribution in [3.05, 3.63) is 23.7 Å². The van der Waals surface area contributed by atoms with Gasteiger partial charge in [-0.25, -0.2) is 4.99 Å². The number of furan rings is 1. The maximum atomic E-state index is 11.0. The number of rotatable bonds is 7. The van der Waals surface area contributed by atoms with Crippen LogP contribution >= 0.6 is 0 Å². The lowest BCUT2D eigenvalue weighted by molar-refractivity contribution is 0.0972. The Morgan fingerprint density at radius 3 is 2.91 bits per heavy atom. The predicted octanol–water partition coefficient (Wildman–Crippen LogP) is 0.918. The maximum Gasteiger partial charge on any atom is 0.284 e. The van der Waals surface area contributed by atoms with Gasteiger partial charge in [-0.05, 0) is 45.0 Å². The molecule has 1 amide bonds. The summed E-state index contributed by atoms with van der Waals surface area (Å²) >= 11 is 0. The topological polar surface area (TPSA) is 95.9 Å². The third kappa shape index (κ3) is 4.99. The first kappa shape index (κ1) is 17.3. The van der Waals surface area contributed by atoms with Gasteiger partial charge in [-0.1, -0.05) is 6.92 Å². The number of hydrogen-bond acceptors (Lipinski definition) is 4. The van der Waals surface area contributed by atoms with E-state index in [0.717, 1.165) is 25.6 Å². The van der Waals surface area contributed by atoms with Crippen LogP contribution < -0.4 is 16.4 Å². The highest BCUT2D eigenvalue weighted by molar-refractivity contribution is 5.89. The first-order chi connectivity index (χ1) is 11.1. The summed E-state index contributed by atoms with van der Waals surface area (Å²) in [4.78, 5) is 18.0. The molecule has 1 aliphatic heterocycles. The van der Waals surface area contributed by atoms with Gasteiger partial charge in [0.05, 0.1) is 0 Å². The summed E-state index contributed by atoms with van der Waals surface area (Å²) in [6, 6.07) is 3.86. The van der Waals surface area contributed by atoms with Gasteiger partial charge in [-0.2, -0.15) is 0 Å². The number of amides is 1. The Bertz CT molecular complexity index is 540. The number of nitrogens with two attached hydrogens (primary N) is 1. The highest BCUT2D eigenvalue weighted by Gasteiger charge is 2.22. The molecular weight excluding hydrogens is 294 g/mol. The molecule has 0 aromatic carbocycles. The number of carbonyl (C=O) groups excluding carboxylic acids is 1. The van der Waals surface area contributed by atoms with Crippen LogP contribution in [-0.2, 0) is 6.54 Å². The number of nitrogens with zero attached hydrogens (tertiary/aromatic N) is 2. The summed E-state index contributed by atoms with van der Waals surface area (Å²) in [5, 5.41) is 6.62. The average molecular weight is 321 g/mol. The second-order valence-corrected chi connectivity index (χ2v) is 5.63. The molecule has 1 aromatic rings. The van der Waals surface area contributed by atoms with E-state index in [-0.39, 0.29) is 5.76 Å². The molecule has 7 heteroatoms. The van der Waals surface area contributed by atoms with Crippen LogP contribution in [0.1, 0.15) is 43.0 Å². The van der Waals surface area contributed by atoms with Gasteiger partial charge in [0.25, 0.3) is 5.91 Å². The minimum absolute atomic E-state index is 0.165. The molecule has 0 aliphatic carbocycles. The monoisotopic (exact) mass is 321 g/mol. The quantitative estimate of drug-likeness (QED) is 0.512. The molecule has 4 N–H and O–H groups in total. The van der Waals surface area contributed by atoms with Crippen molar-refractivity contribution in [2.75, 3.05) is 26.2 Å². The largest absolute Gasteiger partial charge is 0.454 e. The minimum atomic E-state index is -0.564. The summed E-state index contributed by atoms with van der Waals surface area (Å²) in [6.45, 7) is 8.53. The predicted molar refractivity (Wildman–Crippen MR) is 90.3 cm³/mol. The SMILES string of the molecule is CCNC(=NCc1ccc(C(N)=O)o1)NCC1CCCN1CC. The fourth-order valence-electron chi connectivity index (χ4n) is 2.85. The van der Waals surface area contributed by atoms with Gasteiger partial charge in [0.15, 0.2) is 11.7 Å². The third-order valence-electron chi connectivity index (χ3n) is 4.05. The highest BCUT2D eigenvalue weighted by Crippen LogP contribution is 2.15. The van der Waals surface area contributed by atoms with E-state index in [2.05, 4.69) is 27.4 Å². The van der Waals surface area contributed by atoms with Gasteiger partial charge in [-0.3, -0.25) is 9.69 Å². The van der Waals surface area contributed by atoms with E-state index in [0.29, 0.717) is 18.3 Å². The number of likely N-dealkylation sites (N-methyl/N-ethyl adjacent to an activating group) is 1. The Labute approximate surface area is 137 Å². The molecule has 2 heterocycles. The second-order valence-electron chi connectivity index (χ2n) is 5.63. The second kappa shape index (κ2) is 8.57. The number of likely N-dealkylation sites (tertiary alicyclic amines) is 1. The lowest BCUT2D eigenvalue weighted by Crippen LogP contribution is -2.44. The van der Waals surface area contributed by atoms with Gasteiger partial charge in [0.1, 0.15) is 12.3 Å². The molecule has 1 aromatic heterocycles. The van der Waals surface area contributed by atoms with Crippen molar-refractivity contribution >= 4 is 11.9 Å². The Hall–Kier alpha value is -2.02. The van der Waals surface area contributed by atoms with Crippen LogP contribution in [0.25, 0.3) is 0 Å². The van der Waals surface area contributed by atoms with Gasteiger partial charge >= 0.3 is 0 Å². The van der Waals surface area contributed by atoms with Crippen LogP contribution in [0.15, 0.2) is 21.5 Å². The van der Waals surface area contributed by atoms with Crippen LogP contribution in [0.5, 0.6) is 0 Å². The minimum Gasteiger partial charge on any atom is -0.454 e. The van der Waals surface area contributed by atoms with Crippen molar-refractivity contribution in [2.45, 2.75) is 39.3 Å². The first-order valence-electron chi connectivity index (χ1n) is 8.28. The van der Waals surface area contributed by atoms with E-state index >= 15 is 0 Å². The van der Waals surface area contributed by atoms with Crippen molar-refractivity contribution in [1.82, 2.24) is 15.5 Å². The third-order valence-corrected chi connectivity index (χ3v) is 4.05. The van der Waals surface area contributed by atoms with E-state index in [4.69, 9.17) is 10.2 Å². The fourth-order valence-corrected chi connectivity index (χ4v) is 2.85. The van der Waals surface area contributed by atoms with E-state index < -0.39 is 5.91 Å². The number of carbonyl (C=O) groups is 1. The lowest BCUT2D eigenvalue weighted by atomic mass is 10.2. The van der Waals surface area contributed by atoms with Crippen LogP contribution in [0.3, 0.4) is 0 Å². The van der Waals surface area contributed by atoms with E-state index in [1.165, 1.54) is 19.4 Å². The number of nitrogens with one attached hydrogen (secondary N) is 2. The summed E-state index contributed by atoms with van der Waals surface area (Å²) in [7, 11) is 0. The molecule has 1 saturated heterocycles. The van der Waals surface area contributed by atoms with E-state index in [9.17, 15) is 4.79 Å². The summed E-state index contributed by atoms with van der Waals surface area (Å²) in [5.41, 5.74) is 5.18. The molecule has 1 fully saturated rings. The molecule has 1 atom stereocenters. The van der Waals surface area contributed by atoms with Crippen LogP contribution in [0.4, 0.5) is 0 Å². The van der Waals surface area contributed by atoms with E-state index in [1.807, 2.05) is 6.92 Å². The smallest absolute Gasteiger partial charge is 0.284 e. The van der Waals surface area contributed by atoms with Gasteiger partial charge in [-0.15, -0.1) is 0 Å². The molecule has 7 nitrogen and oxygen atoms in total.